The van der Waals surface area contributed by atoms with Crippen LogP contribution in [0, 0.1) is 0 Å². The molecule has 1 aliphatic heterocycles. The van der Waals surface area contributed by atoms with Crippen molar-refractivity contribution in [3.8, 4) is 34.3 Å². The molecule has 8 nitrogen and oxygen atoms in total. The monoisotopic (exact) mass is 457 g/mol. The predicted molar refractivity (Wildman–Crippen MR) is 127 cm³/mol. The number of hydrogen-bond acceptors (Lipinski definition) is 6. The van der Waals surface area contributed by atoms with Crippen LogP contribution in [0.2, 0.25) is 0 Å². The number of methoxy groups -OCH3 is 3. The second-order valence-electron chi connectivity index (χ2n) is 7.80. The second-order valence-corrected chi connectivity index (χ2v) is 7.80. The molecular weight excluding hydrogens is 434 g/mol. The maximum absolute atomic E-state index is 13.6. The topological polar surface area (TPSA) is 96.9 Å². The molecule has 0 saturated carbocycles. The first-order chi connectivity index (χ1) is 16.5. The molecule has 3 aromatic carbocycles. The van der Waals surface area contributed by atoms with Gasteiger partial charge < -0.3 is 19.3 Å². The highest BCUT2D eigenvalue weighted by molar-refractivity contribution is 6.11. The van der Waals surface area contributed by atoms with Crippen molar-refractivity contribution in [3.63, 3.8) is 0 Å². The van der Waals surface area contributed by atoms with Gasteiger partial charge >= 0.3 is 0 Å². The average Bonchev–Trinajstić information content (AvgIpc) is 3.43. The van der Waals surface area contributed by atoms with Gasteiger partial charge in [0, 0.05) is 16.8 Å². The average molecular weight is 457 g/mol. The Balaban J connectivity index is 1.71. The summed E-state index contributed by atoms with van der Waals surface area (Å²) in [5, 5.41) is 17.6. The fourth-order valence-corrected chi connectivity index (χ4v) is 4.33. The summed E-state index contributed by atoms with van der Waals surface area (Å²) in [5.74, 6) is 1.51. The van der Waals surface area contributed by atoms with Gasteiger partial charge in [-0.3, -0.25) is 14.8 Å². The fourth-order valence-electron chi connectivity index (χ4n) is 4.33. The van der Waals surface area contributed by atoms with Gasteiger partial charge in [-0.1, -0.05) is 18.2 Å². The number of anilines is 1. The van der Waals surface area contributed by atoms with Crippen molar-refractivity contribution in [2.24, 2.45) is 0 Å². The second kappa shape index (κ2) is 8.47. The summed E-state index contributed by atoms with van der Waals surface area (Å²) < 4.78 is 16.0. The van der Waals surface area contributed by atoms with Crippen molar-refractivity contribution < 1.29 is 24.1 Å². The highest BCUT2D eigenvalue weighted by Gasteiger charge is 2.43. The standard InChI is InChI=1S/C26H23N3O5/c1-32-18-10-8-17(9-11-18)29-25(16-7-12-20(30)21(14-16)34-3)22-23(27-28-24(22)26(29)31)15-5-4-6-19(13-15)33-2/h4-14,25,30H,1-3H3,(H,27,28). The number of nitrogens with one attached hydrogen (secondary N) is 1. The minimum Gasteiger partial charge on any atom is -0.504 e. The van der Waals surface area contributed by atoms with Crippen molar-refractivity contribution in [2.45, 2.75) is 6.04 Å². The molecule has 2 heterocycles. The van der Waals surface area contributed by atoms with Crippen LogP contribution in [0.3, 0.4) is 0 Å². The zero-order valence-electron chi connectivity index (χ0n) is 18.9. The number of fused-ring (bicyclic) bond motifs is 1. The molecule has 0 saturated heterocycles. The molecular formula is C26H23N3O5. The highest BCUT2D eigenvalue weighted by atomic mass is 16.5. The molecule has 0 radical (unpaired) electrons. The van der Waals surface area contributed by atoms with E-state index in [2.05, 4.69) is 10.2 Å². The number of benzene rings is 3. The fraction of sp³-hybridized carbons (Fsp3) is 0.154. The first-order valence-corrected chi connectivity index (χ1v) is 10.6. The van der Waals surface area contributed by atoms with Gasteiger partial charge in [0.05, 0.1) is 33.1 Å². The molecule has 4 aromatic rings. The maximum Gasteiger partial charge on any atom is 0.277 e. The van der Waals surface area contributed by atoms with Crippen LogP contribution in [0.25, 0.3) is 11.3 Å². The number of carbonyl (C=O) groups is 1. The van der Waals surface area contributed by atoms with Gasteiger partial charge in [-0.05, 0) is 54.1 Å². The van der Waals surface area contributed by atoms with E-state index in [0.29, 0.717) is 34.3 Å². The lowest BCUT2D eigenvalue weighted by Crippen LogP contribution is -2.29. The number of ether oxygens (including phenoxy) is 3. The Morgan fingerprint density at radius 3 is 2.38 bits per heavy atom. The number of nitrogens with zero attached hydrogens (tertiary/aromatic N) is 2. The minimum atomic E-state index is -0.509. The summed E-state index contributed by atoms with van der Waals surface area (Å²) in [4.78, 5) is 15.3. The number of aromatic nitrogens is 2. The van der Waals surface area contributed by atoms with Crippen LogP contribution in [0.15, 0.2) is 66.7 Å². The third-order valence-corrected chi connectivity index (χ3v) is 5.98. The number of rotatable bonds is 6. The van der Waals surface area contributed by atoms with Crippen LogP contribution in [-0.4, -0.2) is 42.5 Å². The summed E-state index contributed by atoms with van der Waals surface area (Å²) in [6.45, 7) is 0. The number of phenolic OH excluding ortho intramolecular Hbond substituents is 1. The summed E-state index contributed by atoms with van der Waals surface area (Å²) in [5.41, 5.74) is 4.08. The molecule has 1 aromatic heterocycles. The Bertz CT molecular complexity index is 1360. The SMILES string of the molecule is COc1ccc(N2C(=O)c3[nH]nc(-c4cccc(OC)c4)c3C2c2ccc(O)c(OC)c2)cc1. The van der Waals surface area contributed by atoms with Crippen LogP contribution in [0.4, 0.5) is 5.69 Å². The molecule has 0 fully saturated rings. The number of amides is 1. The Labute approximate surface area is 196 Å². The molecule has 1 aliphatic rings. The quantitative estimate of drug-likeness (QED) is 0.441. The van der Waals surface area contributed by atoms with Gasteiger partial charge in [0.25, 0.3) is 5.91 Å². The largest absolute Gasteiger partial charge is 0.504 e. The van der Waals surface area contributed by atoms with E-state index in [1.165, 1.54) is 7.11 Å². The minimum absolute atomic E-state index is 0.0204. The molecule has 1 unspecified atom stereocenters. The van der Waals surface area contributed by atoms with Gasteiger partial charge in [-0.15, -0.1) is 0 Å². The van der Waals surface area contributed by atoms with E-state index in [9.17, 15) is 9.90 Å². The molecule has 172 valence electrons. The van der Waals surface area contributed by atoms with Crippen molar-refractivity contribution in [1.29, 1.82) is 0 Å². The molecule has 2 N–H and O–H groups in total. The number of carbonyl (C=O) groups excluding carboxylic acids is 1. The highest BCUT2D eigenvalue weighted by Crippen LogP contribution is 2.46. The molecule has 0 aliphatic carbocycles. The van der Waals surface area contributed by atoms with Crippen molar-refractivity contribution in [3.05, 3.63) is 83.6 Å². The summed E-state index contributed by atoms with van der Waals surface area (Å²) in [6.07, 6.45) is 0. The number of aromatic hydroxyl groups is 1. The van der Waals surface area contributed by atoms with Crippen LogP contribution in [0.1, 0.15) is 27.7 Å². The molecule has 34 heavy (non-hydrogen) atoms. The summed E-state index contributed by atoms with van der Waals surface area (Å²) in [6, 6.07) is 19.4. The lowest BCUT2D eigenvalue weighted by molar-refractivity contribution is 0.0988. The van der Waals surface area contributed by atoms with E-state index in [1.807, 2.05) is 48.5 Å². The van der Waals surface area contributed by atoms with Crippen LogP contribution in [-0.2, 0) is 0 Å². The lowest BCUT2D eigenvalue weighted by Gasteiger charge is -2.27. The molecule has 1 amide bonds. The van der Waals surface area contributed by atoms with E-state index < -0.39 is 6.04 Å². The van der Waals surface area contributed by atoms with Crippen molar-refractivity contribution >= 4 is 11.6 Å². The van der Waals surface area contributed by atoms with E-state index >= 15 is 0 Å². The number of hydrogen-bond donors (Lipinski definition) is 2. The normalized spacial score (nSPS) is 14.7. The molecule has 1 atom stereocenters. The molecule has 0 spiro atoms. The van der Waals surface area contributed by atoms with E-state index in [-0.39, 0.29) is 11.7 Å². The van der Waals surface area contributed by atoms with Crippen LogP contribution < -0.4 is 19.1 Å². The van der Waals surface area contributed by atoms with Gasteiger partial charge in [-0.2, -0.15) is 5.10 Å². The smallest absolute Gasteiger partial charge is 0.277 e. The van der Waals surface area contributed by atoms with E-state index in [0.717, 1.165) is 16.7 Å². The van der Waals surface area contributed by atoms with Gasteiger partial charge in [0.2, 0.25) is 0 Å². The molecule has 8 heteroatoms. The third-order valence-electron chi connectivity index (χ3n) is 5.98. The molecule has 0 bridgehead atoms. The van der Waals surface area contributed by atoms with E-state index in [1.54, 1.807) is 37.3 Å². The Morgan fingerprint density at radius 2 is 1.68 bits per heavy atom. The number of H-pyrrole nitrogens is 1. The summed E-state index contributed by atoms with van der Waals surface area (Å²) in [7, 11) is 4.69. The first-order valence-electron chi connectivity index (χ1n) is 10.6. The third kappa shape index (κ3) is 3.40. The zero-order valence-corrected chi connectivity index (χ0v) is 18.9. The van der Waals surface area contributed by atoms with Gasteiger partial charge in [0.15, 0.2) is 11.5 Å². The zero-order chi connectivity index (χ0) is 23.8. The number of aromatic amines is 1. The lowest BCUT2D eigenvalue weighted by atomic mass is 9.95. The maximum atomic E-state index is 13.6. The Hall–Kier alpha value is -4.46. The van der Waals surface area contributed by atoms with Crippen molar-refractivity contribution in [1.82, 2.24) is 10.2 Å². The Kier molecular flexibility index (Phi) is 5.33. The van der Waals surface area contributed by atoms with Gasteiger partial charge in [-0.25, -0.2) is 0 Å². The van der Waals surface area contributed by atoms with E-state index in [4.69, 9.17) is 14.2 Å². The van der Waals surface area contributed by atoms with Crippen LogP contribution in [0.5, 0.6) is 23.0 Å². The number of phenols is 1. The molecule has 5 rings (SSSR count). The first kappa shape index (κ1) is 21.4. The van der Waals surface area contributed by atoms with Crippen molar-refractivity contribution in [2.75, 3.05) is 26.2 Å². The van der Waals surface area contributed by atoms with Gasteiger partial charge in [0.1, 0.15) is 17.2 Å². The Morgan fingerprint density at radius 1 is 0.912 bits per heavy atom. The predicted octanol–water partition coefficient (Wildman–Crippen LogP) is 4.56. The summed E-state index contributed by atoms with van der Waals surface area (Å²) >= 11 is 0. The van der Waals surface area contributed by atoms with Crippen LogP contribution >= 0.6 is 0 Å².